The van der Waals surface area contributed by atoms with Crippen LogP contribution in [-0.2, 0) is 6.18 Å². The molecule has 118 valence electrons. The highest BCUT2D eigenvalue weighted by Gasteiger charge is 2.31. The number of thioether (sulfide) groups is 1. The Morgan fingerprint density at radius 1 is 1.38 bits per heavy atom. The summed E-state index contributed by atoms with van der Waals surface area (Å²) < 4.78 is 38.2. The fraction of sp³-hybridized carbons (Fsp3) is 0.500. The zero-order valence-electron chi connectivity index (χ0n) is 12.2. The number of rotatable bonds is 6. The van der Waals surface area contributed by atoms with Crippen molar-refractivity contribution in [1.29, 1.82) is 0 Å². The molecule has 0 saturated carbocycles. The van der Waals surface area contributed by atoms with Crippen LogP contribution in [0.2, 0.25) is 0 Å². The normalized spacial score (nSPS) is 12.9. The highest BCUT2D eigenvalue weighted by atomic mass is 32.2. The lowest BCUT2D eigenvalue weighted by molar-refractivity contribution is -0.137. The average molecular weight is 320 g/mol. The first-order valence-corrected chi connectivity index (χ1v) is 7.87. The summed E-state index contributed by atoms with van der Waals surface area (Å²) in [6, 6.07) is 3.01. The quantitative estimate of drug-likeness (QED) is 0.841. The van der Waals surface area contributed by atoms with Crippen molar-refractivity contribution in [3.05, 3.63) is 29.3 Å². The largest absolute Gasteiger partial charge is 0.416 e. The van der Waals surface area contributed by atoms with Crippen LogP contribution in [-0.4, -0.2) is 31.0 Å². The second kappa shape index (κ2) is 7.59. The van der Waals surface area contributed by atoms with Crippen molar-refractivity contribution in [2.45, 2.75) is 25.6 Å². The first-order chi connectivity index (χ1) is 9.79. The number of carbonyl (C=O) groups is 1. The van der Waals surface area contributed by atoms with Gasteiger partial charge in [0.1, 0.15) is 0 Å². The van der Waals surface area contributed by atoms with Crippen molar-refractivity contribution >= 4 is 23.4 Å². The van der Waals surface area contributed by atoms with Crippen LogP contribution in [0.25, 0.3) is 0 Å². The summed E-state index contributed by atoms with van der Waals surface area (Å²) in [5.41, 5.74) is -0.454. The zero-order valence-corrected chi connectivity index (χ0v) is 13.0. The SMILES string of the molecule is CNc1ccc(C(F)(F)F)cc1C(=O)NC(C)CCSC. The van der Waals surface area contributed by atoms with E-state index in [0.29, 0.717) is 5.69 Å². The molecular formula is C14H19F3N2OS. The molecular weight excluding hydrogens is 301 g/mol. The number of amides is 1. The summed E-state index contributed by atoms with van der Waals surface area (Å²) in [7, 11) is 1.57. The van der Waals surface area contributed by atoms with E-state index in [0.717, 1.165) is 24.3 Å². The minimum Gasteiger partial charge on any atom is -0.387 e. The molecule has 0 aliphatic heterocycles. The number of carbonyl (C=O) groups excluding carboxylic acids is 1. The predicted molar refractivity (Wildman–Crippen MR) is 80.9 cm³/mol. The third kappa shape index (κ3) is 5.15. The van der Waals surface area contributed by atoms with Crippen LogP contribution >= 0.6 is 11.8 Å². The van der Waals surface area contributed by atoms with E-state index in [1.165, 1.54) is 6.07 Å². The van der Waals surface area contributed by atoms with E-state index < -0.39 is 17.6 Å². The molecule has 0 saturated heterocycles. The number of halogens is 3. The Hall–Kier alpha value is -1.37. The Morgan fingerprint density at radius 3 is 2.57 bits per heavy atom. The summed E-state index contributed by atoms with van der Waals surface area (Å²) in [5.74, 6) is 0.377. The maximum atomic E-state index is 12.7. The van der Waals surface area contributed by atoms with Gasteiger partial charge in [0.25, 0.3) is 5.91 Å². The Kier molecular flexibility index (Phi) is 6.39. The third-order valence-electron chi connectivity index (χ3n) is 2.99. The standard InChI is InChI=1S/C14H19F3N2OS/c1-9(6-7-21-3)19-13(20)11-8-10(14(15,16)17)4-5-12(11)18-2/h4-5,8-9,18H,6-7H2,1-3H3,(H,19,20). The highest BCUT2D eigenvalue weighted by Crippen LogP contribution is 2.31. The Morgan fingerprint density at radius 2 is 2.05 bits per heavy atom. The van der Waals surface area contributed by atoms with E-state index in [1.807, 2.05) is 13.2 Å². The number of hydrogen-bond acceptors (Lipinski definition) is 3. The van der Waals surface area contributed by atoms with Crippen molar-refractivity contribution in [2.24, 2.45) is 0 Å². The van der Waals surface area contributed by atoms with E-state index in [2.05, 4.69) is 10.6 Å². The maximum Gasteiger partial charge on any atom is 0.416 e. The van der Waals surface area contributed by atoms with Gasteiger partial charge in [-0.15, -0.1) is 0 Å². The summed E-state index contributed by atoms with van der Waals surface area (Å²) in [4.78, 5) is 12.2. The molecule has 1 aromatic carbocycles. The predicted octanol–water partition coefficient (Wildman–Crippen LogP) is 3.62. The van der Waals surface area contributed by atoms with Crippen LogP contribution < -0.4 is 10.6 Å². The number of hydrogen-bond donors (Lipinski definition) is 2. The average Bonchev–Trinajstić information content (AvgIpc) is 2.43. The van der Waals surface area contributed by atoms with Crippen LogP contribution in [0.4, 0.5) is 18.9 Å². The van der Waals surface area contributed by atoms with E-state index in [9.17, 15) is 18.0 Å². The van der Waals surface area contributed by atoms with E-state index in [-0.39, 0.29) is 11.6 Å². The van der Waals surface area contributed by atoms with Gasteiger partial charge in [-0.2, -0.15) is 24.9 Å². The van der Waals surface area contributed by atoms with Gasteiger partial charge in [-0.3, -0.25) is 4.79 Å². The van der Waals surface area contributed by atoms with Gasteiger partial charge in [-0.1, -0.05) is 0 Å². The molecule has 0 spiro atoms. The van der Waals surface area contributed by atoms with Gasteiger partial charge in [0.05, 0.1) is 11.1 Å². The molecule has 0 aliphatic rings. The molecule has 0 radical (unpaired) electrons. The number of benzene rings is 1. The van der Waals surface area contributed by atoms with E-state index >= 15 is 0 Å². The van der Waals surface area contributed by atoms with Crippen molar-refractivity contribution in [3.63, 3.8) is 0 Å². The molecule has 3 nitrogen and oxygen atoms in total. The summed E-state index contributed by atoms with van der Waals surface area (Å²) in [6.45, 7) is 1.83. The third-order valence-corrected chi connectivity index (χ3v) is 3.64. The summed E-state index contributed by atoms with van der Waals surface area (Å²) >= 11 is 1.65. The highest BCUT2D eigenvalue weighted by molar-refractivity contribution is 7.98. The molecule has 0 aromatic heterocycles. The van der Waals surface area contributed by atoms with Gasteiger partial charge < -0.3 is 10.6 Å². The Labute approximate surface area is 126 Å². The van der Waals surface area contributed by atoms with Crippen LogP contribution in [0.15, 0.2) is 18.2 Å². The topological polar surface area (TPSA) is 41.1 Å². The first-order valence-electron chi connectivity index (χ1n) is 6.48. The van der Waals surface area contributed by atoms with Crippen molar-refractivity contribution in [2.75, 3.05) is 24.4 Å². The van der Waals surface area contributed by atoms with Crippen LogP contribution in [0.5, 0.6) is 0 Å². The van der Waals surface area contributed by atoms with Crippen LogP contribution in [0.1, 0.15) is 29.3 Å². The molecule has 0 aliphatic carbocycles. The van der Waals surface area contributed by atoms with Gasteiger partial charge in [-0.25, -0.2) is 0 Å². The van der Waals surface area contributed by atoms with Gasteiger partial charge in [0, 0.05) is 18.8 Å². The molecule has 1 rings (SSSR count). The van der Waals surface area contributed by atoms with Gasteiger partial charge in [0.2, 0.25) is 0 Å². The maximum absolute atomic E-state index is 12.7. The lowest BCUT2D eigenvalue weighted by atomic mass is 10.1. The Bertz CT molecular complexity index is 492. The molecule has 0 fully saturated rings. The van der Waals surface area contributed by atoms with Crippen LogP contribution in [0.3, 0.4) is 0 Å². The van der Waals surface area contributed by atoms with Crippen molar-refractivity contribution in [3.8, 4) is 0 Å². The molecule has 7 heteroatoms. The summed E-state index contributed by atoms with van der Waals surface area (Å²) in [6.07, 6.45) is -1.74. The van der Waals surface area contributed by atoms with Crippen molar-refractivity contribution in [1.82, 2.24) is 5.32 Å². The minimum absolute atomic E-state index is 0.00308. The van der Waals surface area contributed by atoms with Gasteiger partial charge >= 0.3 is 6.18 Å². The Balaban J connectivity index is 2.96. The first kappa shape index (κ1) is 17.7. The molecule has 0 heterocycles. The fourth-order valence-electron chi connectivity index (χ4n) is 1.79. The van der Waals surface area contributed by atoms with Gasteiger partial charge in [-0.05, 0) is 43.6 Å². The lowest BCUT2D eigenvalue weighted by Gasteiger charge is -2.16. The molecule has 21 heavy (non-hydrogen) atoms. The lowest BCUT2D eigenvalue weighted by Crippen LogP contribution is -2.33. The smallest absolute Gasteiger partial charge is 0.387 e. The zero-order chi connectivity index (χ0) is 16.0. The fourth-order valence-corrected chi connectivity index (χ4v) is 2.38. The molecule has 2 N–H and O–H groups in total. The molecule has 0 bridgehead atoms. The van der Waals surface area contributed by atoms with Gasteiger partial charge in [0.15, 0.2) is 0 Å². The molecule has 1 unspecified atom stereocenters. The van der Waals surface area contributed by atoms with Crippen molar-refractivity contribution < 1.29 is 18.0 Å². The number of anilines is 1. The summed E-state index contributed by atoms with van der Waals surface area (Å²) in [5, 5.41) is 5.46. The second-order valence-electron chi connectivity index (χ2n) is 4.66. The molecule has 1 atom stereocenters. The minimum atomic E-state index is -4.47. The molecule has 1 amide bonds. The monoisotopic (exact) mass is 320 g/mol. The second-order valence-corrected chi connectivity index (χ2v) is 5.65. The van der Waals surface area contributed by atoms with E-state index in [1.54, 1.807) is 18.8 Å². The molecule has 1 aromatic rings. The van der Waals surface area contributed by atoms with Crippen LogP contribution in [0, 0.1) is 0 Å². The van der Waals surface area contributed by atoms with E-state index in [4.69, 9.17) is 0 Å². The number of nitrogens with one attached hydrogen (secondary N) is 2. The number of alkyl halides is 3.